The SMILES string of the molecule is CCOc1ccc([C@H]2SCC(=O)Nc3c2c(C)nn3-c2ccccc2C)cc1. The Kier molecular flexibility index (Phi) is 5.13. The molecule has 0 aliphatic carbocycles. The van der Waals surface area contributed by atoms with E-state index in [1.807, 2.05) is 48.9 Å². The molecule has 1 aromatic heterocycles. The predicted octanol–water partition coefficient (Wildman–Crippen LogP) is 4.66. The first-order valence-electron chi connectivity index (χ1n) is 9.38. The van der Waals surface area contributed by atoms with Crippen LogP contribution in [0.2, 0.25) is 0 Å². The van der Waals surface area contributed by atoms with Crippen molar-refractivity contribution in [3.05, 3.63) is 70.9 Å². The summed E-state index contributed by atoms with van der Waals surface area (Å²) in [5.74, 6) is 2.02. The zero-order valence-electron chi connectivity index (χ0n) is 16.2. The molecule has 4 rings (SSSR count). The fourth-order valence-electron chi connectivity index (χ4n) is 3.53. The monoisotopic (exact) mass is 393 g/mol. The summed E-state index contributed by atoms with van der Waals surface area (Å²) in [5.41, 5.74) is 5.20. The van der Waals surface area contributed by atoms with E-state index in [9.17, 15) is 4.79 Å². The van der Waals surface area contributed by atoms with Gasteiger partial charge in [0.05, 0.1) is 29.0 Å². The van der Waals surface area contributed by atoms with E-state index in [4.69, 9.17) is 9.84 Å². The lowest BCUT2D eigenvalue weighted by Gasteiger charge is -2.16. The standard InChI is InChI=1S/C22H23N3O2S/c1-4-27-17-11-9-16(10-12-17)21-20-15(3)24-25(18-8-6-5-7-14(18)2)22(20)23-19(26)13-28-21/h5-12,21H,4,13H2,1-3H3,(H,23,26)/t21-/m1/s1. The largest absolute Gasteiger partial charge is 0.494 e. The van der Waals surface area contributed by atoms with Crippen molar-refractivity contribution >= 4 is 23.5 Å². The predicted molar refractivity (Wildman–Crippen MR) is 114 cm³/mol. The van der Waals surface area contributed by atoms with Crippen LogP contribution in [-0.4, -0.2) is 28.0 Å². The highest BCUT2D eigenvalue weighted by atomic mass is 32.2. The molecule has 2 aromatic carbocycles. The summed E-state index contributed by atoms with van der Waals surface area (Å²) >= 11 is 1.63. The maximum Gasteiger partial charge on any atom is 0.235 e. The first-order valence-corrected chi connectivity index (χ1v) is 10.4. The molecule has 0 bridgehead atoms. The number of ether oxygens (including phenoxy) is 1. The second-order valence-corrected chi connectivity index (χ2v) is 7.88. The summed E-state index contributed by atoms with van der Waals surface area (Å²) < 4.78 is 7.43. The minimum atomic E-state index is -0.00517. The van der Waals surface area contributed by atoms with Gasteiger partial charge in [-0.3, -0.25) is 4.79 Å². The fourth-order valence-corrected chi connectivity index (χ4v) is 4.72. The lowest BCUT2D eigenvalue weighted by Crippen LogP contribution is -2.16. The van der Waals surface area contributed by atoms with Crippen LogP contribution in [0.3, 0.4) is 0 Å². The molecule has 1 N–H and O–H groups in total. The smallest absolute Gasteiger partial charge is 0.235 e. The highest BCUT2D eigenvalue weighted by molar-refractivity contribution is 8.00. The van der Waals surface area contributed by atoms with Crippen molar-refractivity contribution in [2.24, 2.45) is 0 Å². The third-order valence-corrected chi connectivity index (χ3v) is 6.12. The molecule has 1 aliphatic heterocycles. The molecule has 0 saturated heterocycles. The van der Waals surface area contributed by atoms with Crippen molar-refractivity contribution in [3.63, 3.8) is 0 Å². The van der Waals surface area contributed by atoms with Gasteiger partial charge in [0.1, 0.15) is 11.6 Å². The van der Waals surface area contributed by atoms with Gasteiger partial charge in [0.15, 0.2) is 0 Å². The maximum atomic E-state index is 12.4. The van der Waals surface area contributed by atoms with Gasteiger partial charge in [-0.25, -0.2) is 4.68 Å². The number of nitrogens with one attached hydrogen (secondary N) is 1. The molecule has 1 aliphatic rings. The minimum Gasteiger partial charge on any atom is -0.494 e. The van der Waals surface area contributed by atoms with Gasteiger partial charge in [-0.2, -0.15) is 5.10 Å². The maximum absolute atomic E-state index is 12.4. The number of hydrogen-bond donors (Lipinski definition) is 1. The van der Waals surface area contributed by atoms with Crippen molar-refractivity contribution in [2.45, 2.75) is 26.0 Å². The van der Waals surface area contributed by atoms with Crippen LogP contribution in [0, 0.1) is 13.8 Å². The van der Waals surface area contributed by atoms with Crippen LogP contribution in [0.25, 0.3) is 5.69 Å². The number of fused-ring (bicyclic) bond motifs is 1. The molecule has 28 heavy (non-hydrogen) atoms. The summed E-state index contributed by atoms with van der Waals surface area (Å²) in [6.45, 7) is 6.67. The highest BCUT2D eigenvalue weighted by Gasteiger charge is 2.30. The van der Waals surface area contributed by atoms with Crippen molar-refractivity contribution < 1.29 is 9.53 Å². The molecule has 1 atom stereocenters. The van der Waals surface area contributed by atoms with Gasteiger partial charge < -0.3 is 10.1 Å². The Balaban J connectivity index is 1.83. The third kappa shape index (κ3) is 3.40. The Morgan fingerprint density at radius 3 is 2.64 bits per heavy atom. The molecule has 0 fully saturated rings. The number of hydrogen-bond acceptors (Lipinski definition) is 4. The molecule has 0 unspecified atom stereocenters. The molecule has 0 saturated carbocycles. The second-order valence-electron chi connectivity index (χ2n) is 6.79. The third-order valence-electron chi connectivity index (χ3n) is 4.85. The van der Waals surface area contributed by atoms with E-state index >= 15 is 0 Å². The topological polar surface area (TPSA) is 56.1 Å². The molecular weight excluding hydrogens is 370 g/mol. The number of aryl methyl sites for hydroxylation is 2. The summed E-state index contributed by atoms with van der Waals surface area (Å²) in [6.07, 6.45) is 0. The van der Waals surface area contributed by atoms with Crippen LogP contribution in [0.1, 0.15) is 34.6 Å². The molecule has 6 heteroatoms. The van der Waals surface area contributed by atoms with E-state index in [-0.39, 0.29) is 11.2 Å². The number of nitrogens with zero attached hydrogens (tertiary/aromatic N) is 2. The van der Waals surface area contributed by atoms with Gasteiger partial charge in [-0.05, 0) is 50.1 Å². The van der Waals surface area contributed by atoms with Crippen molar-refractivity contribution in [1.29, 1.82) is 0 Å². The summed E-state index contributed by atoms with van der Waals surface area (Å²) in [4.78, 5) is 12.4. The van der Waals surface area contributed by atoms with Gasteiger partial charge in [0.25, 0.3) is 0 Å². The van der Waals surface area contributed by atoms with E-state index in [0.717, 1.165) is 39.6 Å². The number of aromatic nitrogens is 2. The van der Waals surface area contributed by atoms with E-state index < -0.39 is 0 Å². The van der Waals surface area contributed by atoms with E-state index in [1.165, 1.54) is 0 Å². The molecule has 0 spiro atoms. The average molecular weight is 394 g/mol. The molecule has 3 aromatic rings. The van der Waals surface area contributed by atoms with Gasteiger partial charge in [-0.15, -0.1) is 11.8 Å². The summed E-state index contributed by atoms with van der Waals surface area (Å²) in [6, 6.07) is 16.2. The number of carbonyl (C=O) groups excluding carboxylic acids is 1. The number of benzene rings is 2. The van der Waals surface area contributed by atoms with Crippen LogP contribution in [0.15, 0.2) is 48.5 Å². The van der Waals surface area contributed by atoms with Crippen LogP contribution in [0.4, 0.5) is 5.82 Å². The fraction of sp³-hybridized carbons (Fsp3) is 0.273. The van der Waals surface area contributed by atoms with Crippen molar-refractivity contribution in [2.75, 3.05) is 17.7 Å². The zero-order valence-corrected chi connectivity index (χ0v) is 17.0. The summed E-state index contributed by atoms with van der Waals surface area (Å²) in [5, 5.41) is 7.90. The average Bonchev–Trinajstić information content (AvgIpc) is 2.89. The van der Waals surface area contributed by atoms with Crippen LogP contribution < -0.4 is 10.1 Å². The van der Waals surface area contributed by atoms with Crippen molar-refractivity contribution in [1.82, 2.24) is 9.78 Å². The molecule has 0 radical (unpaired) electrons. The lowest BCUT2D eigenvalue weighted by molar-refractivity contribution is -0.113. The number of thioether (sulfide) groups is 1. The highest BCUT2D eigenvalue weighted by Crippen LogP contribution is 2.44. The first-order chi connectivity index (χ1) is 13.6. The number of amides is 1. The normalized spacial score (nSPS) is 16.2. The van der Waals surface area contributed by atoms with E-state index in [0.29, 0.717) is 12.4 Å². The molecule has 2 heterocycles. The number of anilines is 1. The second kappa shape index (κ2) is 7.72. The quantitative estimate of drug-likeness (QED) is 0.700. The Morgan fingerprint density at radius 2 is 1.93 bits per heavy atom. The van der Waals surface area contributed by atoms with Gasteiger partial charge in [-0.1, -0.05) is 30.3 Å². The van der Waals surface area contributed by atoms with Gasteiger partial charge in [0, 0.05) is 5.56 Å². The minimum absolute atomic E-state index is 0.00517. The van der Waals surface area contributed by atoms with Crippen LogP contribution >= 0.6 is 11.8 Å². The molecular formula is C22H23N3O2S. The molecule has 1 amide bonds. The Bertz CT molecular complexity index is 1010. The van der Waals surface area contributed by atoms with Crippen molar-refractivity contribution in [3.8, 4) is 11.4 Å². The van der Waals surface area contributed by atoms with E-state index in [2.05, 4.69) is 30.4 Å². The number of para-hydroxylation sites is 1. The molecule has 5 nitrogen and oxygen atoms in total. The Morgan fingerprint density at radius 1 is 1.18 bits per heavy atom. The Hall–Kier alpha value is -2.73. The first kappa shape index (κ1) is 18.6. The lowest BCUT2D eigenvalue weighted by atomic mass is 10.0. The molecule has 144 valence electrons. The zero-order chi connectivity index (χ0) is 19.7. The number of rotatable bonds is 4. The van der Waals surface area contributed by atoms with Gasteiger partial charge >= 0.3 is 0 Å². The van der Waals surface area contributed by atoms with E-state index in [1.54, 1.807) is 11.8 Å². The van der Waals surface area contributed by atoms with Crippen LogP contribution in [0.5, 0.6) is 5.75 Å². The Labute approximate surface area is 169 Å². The van der Waals surface area contributed by atoms with Crippen LogP contribution in [-0.2, 0) is 4.79 Å². The van der Waals surface area contributed by atoms with Gasteiger partial charge in [0.2, 0.25) is 5.91 Å². The number of carbonyl (C=O) groups is 1. The summed E-state index contributed by atoms with van der Waals surface area (Å²) in [7, 11) is 0.